The second kappa shape index (κ2) is 8.13. The van der Waals surface area contributed by atoms with E-state index in [0.717, 1.165) is 34.7 Å². The second-order valence-corrected chi connectivity index (χ2v) is 6.88. The van der Waals surface area contributed by atoms with Gasteiger partial charge in [-0.05, 0) is 43.7 Å². The fourth-order valence-electron chi connectivity index (χ4n) is 3.21. The Morgan fingerprint density at radius 3 is 2.50 bits per heavy atom. The number of nitrogens with zero attached hydrogens (tertiary/aromatic N) is 2. The molecule has 5 heteroatoms. The number of fused-ring (bicyclic) bond motifs is 1. The molecule has 1 unspecified atom stereocenters. The Balaban J connectivity index is 1.54. The molecule has 0 saturated carbocycles. The molecule has 0 spiro atoms. The zero-order valence-electron chi connectivity index (χ0n) is 16.1. The Bertz CT molecular complexity index is 1060. The summed E-state index contributed by atoms with van der Waals surface area (Å²) in [5, 5.41) is 7.88. The highest BCUT2D eigenvalue weighted by molar-refractivity contribution is 5.90. The third-order valence-corrected chi connectivity index (χ3v) is 4.71. The summed E-state index contributed by atoms with van der Waals surface area (Å²) in [6.45, 7) is 4.80. The van der Waals surface area contributed by atoms with Crippen molar-refractivity contribution in [2.24, 2.45) is 0 Å². The van der Waals surface area contributed by atoms with Crippen molar-refractivity contribution in [1.82, 2.24) is 9.97 Å². The summed E-state index contributed by atoms with van der Waals surface area (Å²) in [6, 6.07) is 22.5. The summed E-state index contributed by atoms with van der Waals surface area (Å²) in [5.74, 6) is 3.34. The Morgan fingerprint density at radius 2 is 1.71 bits per heavy atom. The molecule has 5 nitrogen and oxygen atoms in total. The minimum Gasteiger partial charge on any atom is -0.466 e. The van der Waals surface area contributed by atoms with Crippen molar-refractivity contribution >= 4 is 22.7 Å². The number of nitrogens with one attached hydrogen (secondary N) is 2. The molecule has 2 heterocycles. The van der Waals surface area contributed by atoms with Crippen LogP contribution in [0, 0.1) is 6.92 Å². The van der Waals surface area contributed by atoms with Crippen molar-refractivity contribution in [3.05, 3.63) is 83.8 Å². The highest BCUT2D eigenvalue weighted by Gasteiger charge is 2.11. The molecule has 0 bridgehead atoms. The molecule has 142 valence electrons. The van der Waals surface area contributed by atoms with E-state index in [2.05, 4.69) is 46.8 Å². The quantitative estimate of drug-likeness (QED) is 0.457. The second-order valence-electron chi connectivity index (χ2n) is 6.88. The largest absolute Gasteiger partial charge is 0.466 e. The molecule has 0 aliphatic rings. The van der Waals surface area contributed by atoms with Crippen LogP contribution in [0.3, 0.4) is 0 Å². The van der Waals surface area contributed by atoms with Crippen molar-refractivity contribution in [3.63, 3.8) is 0 Å². The van der Waals surface area contributed by atoms with Gasteiger partial charge in [-0.1, -0.05) is 42.5 Å². The van der Waals surface area contributed by atoms with Crippen LogP contribution in [-0.4, -0.2) is 16.5 Å². The molecule has 0 saturated heterocycles. The van der Waals surface area contributed by atoms with Gasteiger partial charge in [-0.3, -0.25) is 0 Å². The first kappa shape index (κ1) is 18.0. The Kier molecular flexibility index (Phi) is 5.24. The molecule has 0 radical (unpaired) electrons. The average molecular weight is 372 g/mol. The lowest BCUT2D eigenvalue weighted by Gasteiger charge is -2.17. The molecule has 0 amide bonds. The monoisotopic (exact) mass is 372 g/mol. The van der Waals surface area contributed by atoms with E-state index in [9.17, 15) is 0 Å². The maximum absolute atomic E-state index is 5.62. The lowest BCUT2D eigenvalue weighted by Crippen LogP contribution is -2.12. The molecule has 0 aliphatic heterocycles. The molecule has 2 N–H and O–H groups in total. The van der Waals surface area contributed by atoms with Gasteiger partial charge in [-0.25, -0.2) is 4.98 Å². The topological polar surface area (TPSA) is 63.0 Å². The zero-order valence-corrected chi connectivity index (χ0v) is 16.1. The van der Waals surface area contributed by atoms with Gasteiger partial charge < -0.3 is 15.1 Å². The first-order chi connectivity index (χ1) is 13.7. The maximum Gasteiger partial charge on any atom is 0.225 e. The lowest BCUT2D eigenvalue weighted by molar-refractivity contribution is 0.486. The molecular formula is C23H24N4O. The molecule has 0 fully saturated rings. The van der Waals surface area contributed by atoms with E-state index in [4.69, 9.17) is 9.40 Å². The Hall–Kier alpha value is -3.34. The van der Waals surface area contributed by atoms with Gasteiger partial charge in [-0.2, -0.15) is 4.98 Å². The third kappa shape index (κ3) is 4.14. The van der Waals surface area contributed by atoms with Crippen LogP contribution in [-0.2, 0) is 6.42 Å². The van der Waals surface area contributed by atoms with Crippen LogP contribution < -0.4 is 10.6 Å². The van der Waals surface area contributed by atoms with Crippen molar-refractivity contribution < 1.29 is 4.42 Å². The van der Waals surface area contributed by atoms with Crippen LogP contribution >= 0.6 is 0 Å². The first-order valence-corrected chi connectivity index (χ1v) is 9.56. The van der Waals surface area contributed by atoms with Crippen molar-refractivity contribution in [2.45, 2.75) is 26.3 Å². The SMILES string of the molecule is Cc1ccc(CCNc2nc(NC(C)c3ccccc3)c3ccccc3n2)o1. The van der Waals surface area contributed by atoms with E-state index in [1.165, 1.54) is 5.56 Å². The normalized spacial score (nSPS) is 12.1. The maximum atomic E-state index is 5.62. The number of rotatable bonds is 7. The predicted octanol–water partition coefficient (Wildman–Crippen LogP) is 5.36. The van der Waals surface area contributed by atoms with Crippen LogP contribution in [0.15, 0.2) is 71.1 Å². The van der Waals surface area contributed by atoms with E-state index in [-0.39, 0.29) is 6.04 Å². The van der Waals surface area contributed by atoms with E-state index in [0.29, 0.717) is 12.5 Å². The molecule has 28 heavy (non-hydrogen) atoms. The average Bonchev–Trinajstić information content (AvgIpc) is 3.14. The standard InChI is InChI=1S/C23H24N4O/c1-16-12-13-19(28-16)14-15-24-23-26-21-11-7-6-10-20(21)22(27-23)25-17(2)18-8-4-3-5-9-18/h3-13,17H,14-15H2,1-2H3,(H2,24,25,26,27). The van der Waals surface area contributed by atoms with Crippen LogP contribution in [0.5, 0.6) is 0 Å². The Morgan fingerprint density at radius 1 is 0.929 bits per heavy atom. The number of para-hydroxylation sites is 1. The lowest BCUT2D eigenvalue weighted by atomic mass is 10.1. The minimum absolute atomic E-state index is 0.137. The number of furan rings is 1. The van der Waals surface area contributed by atoms with Gasteiger partial charge in [0.05, 0.1) is 5.52 Å². The Labute approximate surface area is 164 Å². The van der Waals surface area contributed by atoms with Gasteiger partial charge in [-0.15, -0.1) is 0 Å². The number of anilines is 2. The van der Waals surface area contributed by atoms with E-state index in [1.54, 1.807) is 0 Å². The molecule has 4 aromatic rings. The van der Waals surface area contributed by atoms with Gasteiger partial charge in [0, 0.05) is 24.4 Å². The molecule has 2 aromatic carbocycles. The number of hydrogen-bond donors (Lipinski definition) is 2. The van der Waals surface area contributed by atoms with Gasteiger partial charge >= 0.3 is 0 Å². The fourth-order valence-corrected chi connectivity index (χ4v) is 3.21. The van der Waals surface area contributed by atoms with E-state index in [1.807, 2.05) is 49.4 Å². The highest BCUT2D eigenvalue weighted by atomic mass is 16.3. The first-order valence-electron chi connectivity index (χ1n) is 9.56. The van der Waals surface area contributed by atoms with Crippen LogP contribution in [0.1, 0.15) is 30.0 Å². The number of benzene rings is 2. The van der Waals surface area contributed by atoms with E-state index < -0.39 is 0 Å². The molecule has 2 aromatic heterocycles. The van der Waals surface area contributed by atoms with Crippen LogP contribution in [0.4, 0.5) is 11.8 Å². The summed E-state index contributed by atoms with van der Waals surface area (Å²) in [7, 11) is 0. The van der Waals surface area contributed by atoms with Gasteiger partial charge in [0.25, 0.3) is 0 Å². The van der Waals surface area contributed by atoms with Gasteiger partial charge in [0.2, 0.25) is 5.95 Å². The summed E-state index contributed by atoms with van der Waals surface area (Å²) < 4.78 is 5.62. The van der Waals surface area contributed by atoms with Crippen LogP contribution in [0.25, 0.3) is 10.9 Å². The predicted molar refractivity (Wildman–Crippen MR) is 114 cm³/mol. The molecule has 4 rings (SSSR count). The smallest absolute Gasteiger partial charge is 0.225 e. The van der Waals surface area contributed by atoms with Gasteiger partial charge in [0.1, 0.15) is 17.3 Å². The summed E-state index contributed by atoms with van der Waals surface area (Å²) >= 11 is 0. The summed E-state index contributed by atoms with van der Waals surface area (Å²) in [4.78, 5) is 9.40. The fraction of sp³-hybridized carbons (Fsp3) is 0.217. The van der Waals surface area contributed by atoms with Crippen molar-refractivity contribution in [1.29, 1.82) is 0 Å². The molecule has 0 aliphatic carbocycles. The highest BCUT2D eigenvalue weighted by Crippen LogP contribution is 2.26. The van der Waals surface area contributed by atoms with Crippen molar-refractivity contribution in [3.8, 4) is 0 Å². The van der Waals surface area contributed by atoms with Crippen molar-refractivity contribution in [2.75, 3.05) is 17.2 Å². The summed E-state index contributed by atoms with van der Waals surface area (Å²) in [5.41, 5.74) is 2.13. The van der Waals surface area contributed by atoms with Gasteiger partial charge in [0.15, 0.2) is 0 Å². The molecular weight excluding hydrogens is 348 g/mol. The number of hydrogen-bond acceptors (Lipinski definition) is 5. The minimum atomic E-state index is 0.137. The molecule has 1 atom stereocenters. The third-order valence-electron chi connectivity index (χ3n) is 4.71. The van der Waals surface area contributed by atoms with Crippen LogP contribution in [0.2, 0.25) is 0 Å². The summed E-state index contributed by atoms with van der Waals surface area (Å²) in [6.07, 6.45) is 0.785. The zero-order chi connectivity index (χ0) is 19.3. The van der Waals surface area contributed by atoms with E-state index >= 15 is 0 Å². The number of aryl methyl sites for hydroxylation is 1. The number of aromatic nitrogens is 2.